The number of hydrogen-bond donors (Lipinski definition) is 2. The lowest BCUT2D eigenvalue weighted by molar-refractivity contribution is 0.252. The molecule has 0 aromatic heterocycles. The quantitative estimate of drug-likeness (QED) is 0.381. The molecule has 2 amide bonds. The minimum atomic E-state index is -0.429. The molecule has 29 heavy (non-hydrogen) atoms. The van der Waals surface area contributed by atoms with Crippen molar-refractivity contribution in [1.29, 1.82) is 0 Å². The highest BCUT2D eigenvalue weighted by Crippen LogP contribution is 2.36. The lowest BCUT2D eigenvalue weighted by Gasteiger charge is -2.13. The van der Waals surface area contributed by atoms with Crippen LogP contribution in [-0.4, -0.2) is 19.4 Å². The molecular formula is C22H20BrN3O3. The Morgan fingerprint density at radius 3 is 2.45 bits per heavy atom. The van der Waals surface area contributed by atoms with Gasteiger partial charge in [0.05, 0.1) is 17.8 Å². The molecule has 0 heterocycles. The van der Waals surface area contributed by atoms with Gasteiger partial charge in [-0.15, -0.1) is 0 Å². The Morgan fingerprint density at radius 2 is 1.76 bits per heavy atom. The Kier molecular flexibility index (Phi) is 7.24. The van der Waals surface area contributed by atoms with Gasteiger partial charge in [-0.1, -0.05) is 48.5 Å². The summed E-state index contributed by atoms with van der Waals surface area (Å²) in [6.07, 6.45) is 1.53. The van der Waals surface area contributed by atoms with Crippen molar-refractivity contribution in [3.05, 3.63) is 88.4 Å². The summed E-state index contributed by atoms with van der Waals surface area (Å²) in [5.74, 6) is 1.16. The largest absolute Gasteiger partial charge is 0.493 e. The van der Waals surface area contributed by atoms with Gasteiger partial charge >= 0.3 is 6.03 Å². The Hall–Kier alpha value is -3.32. The number of carbonyl (C=O) groups is 1. The number of anilines is 1. The van der Waals surface area contributed by atoms with E-state index >= 15 is 0 Å². The minimum absolute atomic E-state index is 0.421. The molecule has 0 aliphatic rings. The Labute approximate surface area is 177 Å². The molecule has 6 nitrogen and oxygen atoms in total. The first kappa shape index (κ1) is 20.4. The van der Waals surface area contributed by atoms with E-state index in [1.165, 1.54) is 6.21 Å². The number of amides is 2. The number of benzene rings is 3. The van der Waals surface area contributed by atoms with Gasteiger partial charge in [0.15, 0.2) is 11.5 Å². The van der Waals surface area contributed by atoms with Gasteiger partial charge in [0.1, 0.15) is 6.61 Å². The molecule has 3 aromatic rings. The third-order valence-corrected chi connectivity index (χ3v) is 4.48. The predicted octanol–water partition coefficient (Wildman–Crippen LogP) is 5.19. The van der Waals surface area contributed by atoms with Crippen molar-refractivity contribution in [3.63, 3.8) is 0 Å². The van der Waals surface area contributed by atoms with E-state index in [-0.39, 0.29) is 0 Å². The standard InChI is InChI=1S/C22H20BrN3O3/c1-28-20-13-17(14-24-26-22(27)25-18-10-6-3-7-11-18)12-19(23)21(20)29-15-16-8-4-2-5-9-16/h2-14H,15H2,1H3,(H2,25,26,27)/b24-14+. The molecule has 3 rings (SSSR count). The highest BCUT2D eigenvalue weighted by atomic mass is 79.9. The van der Waals surface area contributed by atoms with Crippen molar-refractivity contribution >= 4 is 33.9 Å². The Balaban J connectivity index is 1.63. The number of para-hydroxylation sites is 1. The van der Waals surface area contributed by atoms with E-state index in [4.69, 9.17) is 9.47 Å². The van der Waals surface area contributed by atoms with Crippen LogP contribution in [-0.2, 0) is 6.61 Å². The van der Waals surface area contributed by atoms with Gasteiger partial charge in [0, 0.05) is 5.69 Å². The number of methoxy groups -OCH3 is 1. The monoisotopic (exact) mass is 453 g/mol. The predicted molar refractivity (Wildman–Crippen MR) is 118 cm³/mol. The molecule has 0 saturated carbocycles. The summed E-state index contributed by atoms with van der Waals surface area (Å²) >= 11 is 3.51. The van der Waals surface area contributed by atoms with Crippen molar-refractivity contribution in [2.45, 2.75) is 6.61 Å². The zero-order valence-corrected chi connectivity index (χ0v) is 17.3. The third kappa shape index (κ3) is 6.08. The first-order valence-corrected chi connectivity index (χ1v) is 9.64. The molecule has 3 aromatic carbocycles. The van der Waals surface area contributed by atoms with Crippen molar-refractivity contribution in [3.8, 4) is 11.5 Å². The number of ether oxygens (including phenoxy) is 2. The van der Waals surface area contributed by atoms with Crippen LogP contribution in [0.1, 0.15) is 11.1 Å². The zero-order chi connectivity index (χ0) is 20.5. The molecule has 0 radical (unpaired) electrons. The van der Waals surface area contributed by atoms with Crippen LogP contribution >= 0.6 is 15.9 Å². The molecule has 0 unspecified atom stereocenters. The molecule has 0 aliphatic heterocycles. The van der Waals surface area contributed by atoms with Crippen LogP contribution < -0.4 is 20.2 Å². The number of nitrogens with zero attached hydrogens (tertiary/aromatic N) is 1. The topological polar surface area (TPSA) is 72.0 Å². The summed E-state index contributed by atoms with van der Waals surface area (Å²) in [4.78, 5) is 11.9. The summed E-state index contributed by atoms with van der Waals surface area (Å²) in [7, 11) is 1.57. The van der Waals surface area contributed by atoms with Crippen LogP contribution in [0.3, 0.4) is 0 Å². The molecular weight excluding hydrogens is 434 g/mol. The van der Waals surface area contributed by atoms with Crippen molar-refractivity contribution in [1.82, 2.24) is 5.43 Å². The van der Waals surface area contributed by atoms with Gasteiger partial charge in [0.2, 0.25) is 0 Å². The van der Waals surface area contributed by atoms with Crippen LogP contribution in [0, 0.1) is 0 Å². The highest BCUT2D eigenvalue weighted by Gasteiger charge is 2.11. The van der Waals surface area contributed by atoms with Crippen molar-refractivity contribution < 1.29 is 14.3 Å². The smallest absolute Gasteiger partial charge is 0.339 e. The lowest BCUT2D eigenvalue weighted by atomic mass is 10.2. The van der Waals surface area contributed by atoms with Gasteiger partial charge in [-0.05, 0) is 51.3 Å². The molecule has 0 spiro atoms. The van der Waals surface area contributed by atoms with E-state index in [1.807, 2.05) is 54.6 Å². The molecule has 0 aliphatic carbocycles. The number of urea groups is 1. The fourth-order valence-electron chi connectivity index (χ4n) is 2.53. The van der Waals surface area contributed by atoms with E-state index < -0.39 is 6.03 Å². The van der Waals surface area contributed by atoms with E-state index in [0.29, 0.717) is 23.8 Å². The first-order valence-electron chi connectivity index (χ1n) is 8.85. The zero-order valence-electron chi connectivity index (χ0n) is 15.8. The Bertz CT molecular complexity index is 979. The maximum atomic E-state index is 11.9. The number of hydrogen-bond acceptors (Lipinski definition) is 4. The van der Waals surface area contributed by atoms with E-state index in [9.17, 15) is 4.79 Å². The lowest BCUT2D eigenvalue weighted by Crippen LogP contribution is -2.24. The number of carbonyl (C=O) groups excluding carboxylic acids is 1. The SMILES string of the molecule is COc1cc(/C=N/NC(=O)Nc2ccccc2)cc(Br)c1OCc1ccccc1. The minimum Gasteiger partial charge on any atom is -0.493 e. The normalized spacial score (nSPS) is 10.6. The number of halogens is 1. The molecule has 0 bridgehead atoms. The fraction of sp³-hybridized carbons (Fsp3) is 0.0909. The summed E-state index contributed by atoms with van der Waals surface area (Å²) in [6.45, 7) is 0.421. The van der Waals surface area contributed by atoms with Gasteiger partial charge < -0.3 is 14.8 Å². The van der Waals surface area contributed by atoms with Crippen molar-refractivity contribution in [2.75, 3.05) is 12.4 Å². The van der Waals surface area contributed by atoms with Crippen molar-refractivity contribution in [2.24, 2.45) is 5.10 Å². The van der Waals surface area contributed by atoms with E-state index in [0.717, 1.165) is 15.6 Å². The van der Waals surface area contributed by atoms with Gasteiger partial charge in [-0.3, -0.25) is 0 Å². The second-order valence-electron chi connectivity index (χ2n) is 6.00. The van der Waals surface area contributed by atoms with E-state index in [2.05, 4.69) is 31.8 Å². The van der Waals surface area contributed by atoms with Crippen LogP contribution in [0.5, 0.6) is 11.5 Å². The molecule has 0 atom stereocenters. The van der Waals surface area contributed by atoms with Gasteiger partial charge in [0.25, 0.3) is 0 Å². The average molecular weight is 454 g/mol. The molecule has 0 fully saturated rings. The first-order chi connectivity index (χ1) is 14.2. The number of nitrogens with one attached hydrogen (secondary N) is 2. The number of hydrazone groups is 1. The molecule has 2 N–H and O–H groups in total. The summed E-state index contributed by atoms with van der Waals surface area (Å²) < 4.78 is 12.1. The average Bonchev–Trinajstić information content (AvgIpc) is 2.74. The Morgan fingerprint density at radius 1 is 1.07 bits per heavy atom. The second-order valence-corrected chi connectivity index (χ2v) is 6.85. The molecule has 7 heteroatoms. The van der Waals surface area contributed by atoms with Crippen LogP contribution in [0.4, 0.5) is 10.5 Å². The van der Waals surface area contributed by atoms with Crippen LogP contribution in [0.25, 0.3) is 0 Å². The fourth-order valence-corrected chi connectivity index (χ4v) is 3.10. The molecule has 0 saturated heterocycles. The summed E-state index contributed by atoms with van der Waals surface area (Å²) in [5.41, 5.74) is 4.91. The highest BCUT2D eigenvalue weighted by molar-refractivity contribution is 9.10. The second kappa shape index (κ2) is 10.3. The summed E-state index contributed by atoms with van der Waals surface area (Å²) in [5, 5.41) is 6.66. The van der Waals surface area contributed by atoms with Crippen LogP contribution in [0.2, 0.25) is 0 Å². The molecule has 148 valence electrons. The maximum Gasteiger partial charge on any atom is 0.339 e. The third-order valence-electron chi connectivity index (χ3n) is 3.89. The number of rotatable bonds is 7. The maximum absolute atomic E-state index is 11.9. The summed E-state index contributed by atoms with van der Waals surface area (Å²) in [6, 6.07) is 22.2. The van der Waals surface area contributed by atoms with Gasteiger partial charge in [-0.25, -0.2) is 10.2 Å². The van der Waals surface area contributed by atoms with Crippen LogP contribution in [0.15, 0.2) is 82.4 Å². The van der Waals surface area contributed by atoms with Gasteiger partial charge in [-0.2, -0.15) is 5.10 Å². The van der Waals surface area contributed by atoms with E-state index in [1.54, 1.807) is 25.3 Å².